The minimum Gasteiger partial charge on any atom is -0.462 e. The molecular weight excluding hydrogens is 383 g/mol. The third-order valence-corrected chi connectivity index (χ3v) is 5.17. The molecule has 5 nitrogen and oxygen atoms in total. The number of halogens is 3. The van der Waals surface area contributed by atoms with E-state index >= 15 is 0 Å². The van der Waals surface area contributed by atoms with Gasteiger partial charge in [-0.1, -0.05) is 31.4 Å². The van der Waals surface area contributed by atoms with Gasteiger partial charge >= 0.3 is 12.1 Å². The number of anilines is 1. The van der Waals surface area contributed by atoms with E-state index in [0.717, 1.165) is 37.8 Å². The summed E-state index contributed by atoms with van der Waals surface area (Å²) in [7, 11) is 1.86. The average molecular weight is 407 g/mol. The lowest BCUT2D eigenvalue weighted by Crippen LogP contribution is -2.35. The molecule has 1 saturated carbocycles. The van der Waals surface area contributed by atoms with E-state index in [-0.39, 0.29) is 29.6 Å². The summed E-state index contributed by atoms with van der Waals surface area (Å²) >= 11 is 0. The SMILES string of the molecule is CCOC(=O)c1cnc(-c2cccc(C(F)(F)F)c2)nc1N(C)C1CCCCC1. The van der Waals surface area contributed by atoms with Gasteiger partial charge in [0.1, 0.15) is 11.4 Å². The minimum atomic E-state index is -4.46. The predicted molar refractivity (Wildman–Crippen MR) is 104 cm³/mol. The Hall–Kier alpha value is -2.64. The normalized spacial score (nSPS) is 15.2. The van der Waals surface area contributed by atoms with Crippen LogP contribution >= 0.6 is 0 Å². The minimum absolute atomic E-state index is 0.141. The van der Waals surface area contributed by atoms with Gasteiger partial charge in [-0.05, 0) is 31.9 Å². The number of esters is 1. The lowest BCUT2D eigenvalue weighted by molar-refractivity contribution is -0.137. The Balaban J connectivity index is 2.03. The van der Waals surface area contributed by atoms with E-state index < -0.39 is 17.7 Å². The summed E-state index contributed by atoms with van der Waals surface area (Å²) in [4.78, 5) is 23.0. The van der Waals surface area contributed by atoms with Crippen molar-refractivity contribution in [3.8, 4) is 11.4 Å². The van der Waals surface area contributed by atoms with Gasteiger partial charge in [0.05, 0.1) is 12.2 Å². The van der Waals surface area contributed by atoms with Crippen LogP contribution < -0.4 is 4.90 Å². The molecule has 0 N–H and O–H groups in total. The van der Waals surface area contributed by atoms with Crippen molar-refractivity contribution in [1.82, 2.24) is 9.97 Å². The molecule has 0 aliphatic heterocycles. The van der Waals surface area contributed by atoms with Crippen LogP contribution in [0.4, 0.5) is 19.0 Å². The first-order valence-corrected chi connectivity index (χ1v) is 9.76. The Morgan fingerprint density at radius 3 is 2.62 bits per heavy atom. The number of benzene rings is 1. The monoisotopic (exact) mass is 407 g/mol. The van der Waals surface area contributed by atoms with Crippen molar-refractivity contribution in [3.63, 3.8) is 0 Å². The van der Waals surface area contributed by atoms with Crippen LogP contribution in [0.3, 0.4) is 0 Å². The second-order valence-corrected chi connectivity index (χ2v) is 7.13. The summed E-state index contributed by atoms with van der Waals surface area (Å²) in [5.41, 5.74) is -0.306. The fourth-order valence-electron chi connectivity index (χ4n) is 3.61. The lowest BCUT2D eigenvalue weighted by atomic mass is 9.94. The fourth-order valence-corrected chi connectivity index (χ4v) is 3.61. The maximum absolute atomic E-state index is 13.1. The number of aromatic nitrogens is 2. The number of alkyl halides is 3. The summed E-state index contributed by atoms with van der Waals surface area (Å²) in [5.74, 6) is -0.0136. The van der Waals surface area contributed by atoms with Crippen molar-refractivity contribution >= 4 is 11.8 Å². The summed E-state index contributed by atoms with van der Waals surface area (Å²) in [5, 5.41) is 0. The highest BCUT2D eigenvalue weighted by Crippen LogP contribution is 2.33. The lowest BCUT2D eigenvalue weighted by Gasteiger charge is -2.33. The molecule has 1 aliphatic rings. The predicted octanol–water partition coefficient (Wildman–Crippen LogP) is 5.11. The van der Waals surface area contributed by atoms with Crippen LogP contribution in [0.2, 0.25) is 0 Å². The maximum atomic E-state index is 13.1. The summed E-state index contributed by atoms with van der Waals surface area (Å²) in [6.45, 7) is 1.92. The molecule has 0 bridgehead atoms. The molecule has 29 heavy (non-hydrogen) atoms. The smallest absolute Gasteiger partial charge is 0.416 e. The second kappa shape index (κ2) is 8.80. The molecule has 0 radical (unpaired) electrons. The van der Waals surface area contributed by atoms with Gasteiger partial charge in [-0.3, -0.25) is 0 Å². The molecule has 1 fully saturated rings. The molecule has 156 valence electrons. The summed E-state index contributed by atoms with van der Waals surface area (Å²) in [6.07, 6.45) is 2.19. The quantitative estimate of drug-likeness (QED) is 0.645. The first-order chi connectivity index (χ1) is 13.8. The second-order valence-electron chi connectivity index (χ2n) is 7.13. The molecule has 1 heterocycles. The highest BCUT2D eigenvalue weighted by molar-refractivity contribution is 5.94. The Kier molecular flexibility index (Phi) is 6.39. The fraction of sp³-hybridized carbons (Fsp3) is 0.476. The van der Waals surface area contributed by atoms with E-state index in [9.17, 15) is 18.0 Å². The van der Waals surface area contributed by atoms with Crippen LogP contribution in [0.5, 0.6) is 0 Å². The van der Waals surface area contributed by atoms with E-state index in [0.29, 0.717) is 5.82 Å². The van der Waals surface area contributed by atoms with Gasteiger partial charge in [0.15, 0.2) is 5.82 Å². The molecule has 1 aromatic heterocycles. The van der Waals surface area contributed by atoms with Crippen LogP contribution in [-0.2, 0) is 10.9 Å². The van der Waals surface area contributed by atoms with Gasteiger partial charge in [-0.25, -0.2) is 14.8 Å². The first kappa shape index (κ1) is 21.1. The third kappa shape index (κ3) is 4.86. The van der Waals surface area contributed by atoms with Gasteiger partial charge in [0.2, 0.25) is 0 Å². The summed E-state index contributed by atoms with van der Waals surface area (Å²) < 4.78 is 44.4. The highest BCUT2D eigenvalue weighted by atomic mass is 19.4. The number of hydrogen-bond acceptors (Lipinski definition) is 5. The molecule has 0 unspecified atom stereocenters. The van der Waals surface area contributed by atoms with Gasteiger partial charge in [-0.2, -0.15) is 13.2 Å². The van der Waals surface area contributed by atoms with Crippen molar-refractivity contribution in [3.05, 3.63) is 41.6 Å². The van der Waals surface area contributed by atoms with Gasteiger partial charge < -0.3 is 9.64 Å². The van der Waals surface area contributed by atoms with E-state index in [1.54, 1.807) is 6.92 Å². The van der Waals surface area contributed by atoms with Crippen LogP contribution in [0.25, 0.3) is 11.4 Å². The number of rotatable bonds is 5. The number of carbonyl (C=O) groups excluding carboxylic acids is 1. The van der Waals surface area contributed by atoms with E-state index in [4.69, 9.17) is 4.74 Å². The molecule has 3 rings (SSSR count). The first-order valence-electron chi connectivity index (χ1n) is 9.76. The molecule has 0 amide bonds. The molecule has 0 atom stereocenters. The number of carbonyl (C=O) groups is 1. The van der Waals surface area contributed by atoms with Crippen molar-refractivity contribution < 1.29 is 22.7 Å². The molecule has 0 spiro atoms. The largest absolute Gasteiger partial charge is 0.462 e. The molecule has 8 heteroatoms. The number of nitrogens with zero attached hydrogens (tertiary/aromatic N) is 3. The Morgan fingerprint density at radius 2 is 1.97 bits per heavy atom. The highest BCUT2D eigenvalue weighted by Gasteiger charge is 2.31. The van der Waals surface area contributed by atoms with E-state index in [1.165, 1.54) is 24.8 Å². The van der Waals surface area contributed by atoms with Crippen molar-refractivity contribution in [2.75, 3.05) is 18.6 Å². The maximum Gasteiger partial charge on any atom is 0.416 e. The van der Waals surface area contributed by atoms with Crippen molar-refractivity contribution in [2.45, 2.75) is 51.2 Å². The van der Waals surface area contributed by atoms with Crippen LogP contribution in [-0.4, -0.2) is 35.6 Å². The zero-order valence-electron chi connectivity index (χ0n) is 16.5. The zero-order chi connectivity index (χ0) is 21.0. The van der Waals surface area contributed by atoms with Gasteiger partial charge in [0.25, 0.3) is 0 Å². The van der Waals surface area contributed by atoms with E-state index in [2.05, 4.69) is 9.97 Å². The van der Waals surface area contributed by atoms with Crippen molar-refractivity contribution in [1.29, 1.82) is 0 Å². The molecule has 0 saturated heterocycles. The van der Waals surface area contributed by atoms with Crippen LogP contribution in [0.1, 0.15) is 54.9 Å². The van der Waals surface area contributed by atoms with Gasteiger partial charge in [-0.15, -0.1) is 0 Å². The van der Waals surface area contributed by atoms with E-state index in [1.807, 2.05) is 11.9 Å². The zero-order valence-corrected chi connectivity index (χ0v) is 16.5. The molecule has 2 aromatic rings. The molecule has 1 aliphatic carbocycles. The standard InChI is InChI=1S/C21H24F3N3O2/c1-3-29-20(28)17-13-25-18(14-8-7-9-15(12-14)21(22,23)24)26-19(17)27(2)16-10-5-4-6-11-16/h7-9,12-13,16H,3-6,10-11H2,1-2H3. The Bertz CT molecular complexity index is 864. The molecular formula is C21H24F3N3O2. The van der Waals surface area contributed by atoms with Crippen LogP contribution in [0, 0.1) is 0 Å². The Labute approximate surface area is 167 Å². The summed E-state index contributed by atoms with van der Waals surface area (Å²) in [6, 6.07) is 5.08. The Morgan fingerprint density at radius 1 is 1.24 bits per heavy atom. The number of hydrogen-bond donors (Lipinski definition) is 0. The van der Waals surface area contributed by atoms with Crippen LogP contribution in [0.15, 0.2) is 30.5 Å². The number of ether oxygens (including phenoxy) is 1. The third-order valence-electron chi connectivity index (χ3n) is 5.17. The molecule has 1 aromatic carbocycles. The van der Waals surface area contributed by atoms with Gasteiger partial charge in [0, 0.05) is 24.8 Å². The topological polar surface area (TPSA) is 55.3 Å². The average Bonchev–Trinajstić information content (AvgIpc) is 2.73. The van der Waals surface area contributed by atoms with Crippen molar-refractivity contribution in [2.24, 2.45) is 0 Å².